The first-order valence-corrected chi connectivity index (χ1v) is 6.94. The summed E-state index contributed by atoms with van der Waals surface area (Å²) in [5.74, 6) is 0.677. The Morgan fingerprint density at radius 1 is 1.47 bits per heavy atom. The molecule has 2 N–H and O–H groups in total. The summed E-state index contributed by atoms with van der Waals surface area (Å²) in [6.45, 7) is 7.81. The second-order valence-corrected chi connectivity index (χ2v) is 7.53. The Labute approximate surface area is 126 Å². The van der Waals surface area contributed by atoms with Crippen LogP contribution in [0, 0.1) is 0 Å². The van der Waals surface area contributed by atoms with Crippen molar-refractivity contribution in [1.82, 2.24) is 10.8 Å². The van der Waals surface area contributed by atoms with Crippen LogP contribution in [0.1, 0.15) is 27.7 Å². The maximum absolute atomic E-state index is 11.8. The van der Waals surface area contributed by atoms with Crippen molar-refractivity contribution in [2.75, 3.05) is 20.6 Å². The highest BCUT2D eigenvalue weighted by molar-refractivity contribution is 14.1. The third kappa shape index (κ3) is 5.49. The molecule has 0 aromatic heterocycles. The van der Waals surface area contributed by atoms with E-state index in [4.69, 9.17) is 14.3 Å². The summed E-state index contributed by atoms with van der Waals surface area (Å²) in [6.07, 6.45) is -0.489. The van der Waals surface area contributed by atoms with E-state index in [-0.39, 0.29) is 6.79 Å². The lowest BCUT2D eigenvalue weighted by molar-refractivity contribution is -0.542. The lowest BCUT2D eigenvalue weighted by Crippen LogP contribution is -2.56. The van der Waals surface area contributed by atoms with Crippen molar-refractivity contribution in [3.05, 3.63) is 0 Å². The average Bonchev–Trinajstić information content (AvgIpc) is 2.38. The highest BCUT2D eigenvalue weighted by Crippen LogP contribution is 2.17. The zero-order chi connectivity index (χ0) is 14.7. The Hall–Kier alpha value is -0.610. The minimum atomic E-state index is -0.706. The molecule has 0 unspecified atom stereocenters. The van der Waals surface area contributed by atoms with E-state index in [0.717, 1.165) is 0 Å². The molecular weight excluding hydrogens is 365 g/mol. The van der Waals surface area contributed by atoms with Gasteiger partial charge in [-0.05, 0) is 50.3 Å². The quantitative estimate of drug-likeness (QED) is 0.323. The molecule has 8 heteroatoms. The summed E-state index contributed by atoms with van der Waals surface area (Å²) in [5.41, 5.74) is 2.24. The number of nitrogens with one attached hydrogen (secondary N) is 2. The first kappa shape index (κ1) is 16.4. The Morgan fingerprint density at radius 3 is 2.68 bits per heavy atom. The molecule has 1 aliphatic heterocycles. The lowest BCUT2D eigenvalue weighted by atomic mass is 10.2. The lowest BCUT2D eigenvalue weighted by Gasteiger charge is -2.25. The van der Waals surface area contributed by atoms with Crippen molar-refractivity contribution < 1.29 is 23.7 Å². The molecule has 0 fully saturated rings. The van der Waals surface area contributed by atoms with E-state index in [1.165, 1.54) is 0 Å². The van der Waals surface area contributed by atoms with Crippen LogP contribution in [0.3, 0.4) is 0 Å². The van der Waals surface area contributed by atoms with Crippen LogP contribution in [0.25, 0.3) is 0 Å². The molecule has 110 valence electrons. The van der Waals surface area contributed by atoms with Crippen LogP contribution in [-0.2, 0) is 14.3 Å². The minimum Gasteiger partial charge on any atom is -0.444 e. The number of hydrogen-bond donors (Lipinski definition) is 2. The number of alkyl carbamates (subject to hydrolysis) is 1. The van der Waals surface area contributed by atoms with Crippen molar-refractivity contribution in [1.29, 1.82) is 0 Å². The van der Waals surface area contributed by atoms with Gasteiger partial charge in [0.1, 0.15) is 5.60 Å². The van der Waals surface area contributed by atoms with Gasteiger partial charge in [0.2, 0.25) is 0 Å². The van der Waals surface area contributed by atoms with E-state index in [9.17, 15) is 4.79 Å². The van der Waals surface area contributed by atoms with Crippen molar-refractivity contribution in [3.63, 3.8) is 0 Å². The number of hydrogen-bond acceptors (Lipinski definition) is 5. The summed E-state index contributed by atoms with van der Waals surface area (Å²) < 4.78 is 11.5. The molecule has 0 radical (unpaired) electrons. The molecule has 7 nitrogen and oxygen atoms in total. The predicted molar refractivity (Wildman–Crippen MR) is 78.0 cm³/mol. The average molecular weight is 386 g/mol. The van der Waals surface area contributed by atoms with E-state index >= 15 is 0 Å². The number of rotatable bonds is 2. The molecule has 0 bridgehead atoms. The van der Waals surface area contributed by atoms with Gasteiger partial charge in [0, 0.05) is 0 Å². The first-order chi connectivity index (χ1) is 8.62. The SMILES string of the molecule is C[N+]1=C([C@](C)(I)NC(=O)OC(C)(C)C)NOCOC1. The largest absolute Gasteiger partial charge is 0.444 e. The van der Waals surface area contributed by atoms with Crippen LogP contribution in [0.4, 0.5) is 4.79 Å². The number of amidine groups is 1. The zero-order valence-corrected chi connectivity index (χ0v) is 14.0. The van der Waals surface area contributed by atoms with Gasteiger partial charge in [-0.15, -0.1) is 5.48 Å². The highest BCUT2D eigenvalue weighted by Gasteiger charge is 2.39. The highest BCUT2D eigenvalue weighted by atomic mass is 127. The van der Waals surface area contributed by atoms with Crippen LogP contribution in [0.15, 0.2) is 0 Å². The van der Waals surface area contributed by atoms with Crippen molar-refractivity contribution in [2.45, 2.75) is 36.8 Å². The van der Waals surface area contributed by atoms with Gasteiger partial charge in [0.05, 0.1) is 7.05 Å². The van der Waals surface area contributed by atoms with Crippen molar-refractivity contribution >= 4 is 34.5 Å². The second kappa shape index (κ2) is 6.23. The Balaban J connectivity index is 2.76. The summed E-state index contributed by atoms with van der Waals surface area (Å²) >= 11 is 2.11. The molecule has 1 atom stereocenters. The maximum Gasteiger partial charge on any atom is 0.409 e. The molecule has 19 heavy (non-hydrogen) atoms. The minimum absolute atomic E-state index is 0.146. The van der Waals surface area contributed by atoms with Crippen LogP contribution < -0.4 is 10.8 Å². The molecule has 1 heterocycles. The van der Waals surface area contributed by atoms with Gasteiger partial charge in [-0.3, -0.25) is 5.32 Å². The van der Waals surface area contributed by atoms with Gasteiger partial charge < -0.3 is 9.47 Å². The van der Waals surface area contributed by atoms with E-state index in [0.29, 0.717) is 12.6 Å². The molecular formula is C11H21IN3O4+. The Kier molecular flexibility index (Phi) is 5.39. The van der Waals surface area contributed by atoms with E-state index in [1.807, 2.05) is 39.3 Å². The first-order valence-electron chi connectivity index (χ1n) is 5.86. The number of carbonyl (C=O) groups excluding carboxylic acids is 1. The molecule has 0 aromatic carbocycles. The zero-order valence-electron chi connectivity index (χ0n) is 11.9. The summed E-state index contributed by atoms with van der Waals surface area (Å²) in [6, 6.07) is 0. The monoisotopic (exact) mass is 386 g/mol. The number of amides is 1. The number of halogens is 1. The maximum atomic E-state index is 11.8. The van der Waals surface area contributed by atoms with E-state index in [2.05, 4.69) is 33.4 Å². The van der Waals surface area contributed by atoms with Gasteiger partial charge in [-0.2, -0.15) is 4.84 Å². The Morgan fingerprint density at radius 2 is 2.11 bits per heavy atom. The smallest absolute Gasteiger partial charge is 0.409 e. The number of ether oxygens (including phenoxy) is 2. The topological polar surface area (TPSA) is 71.8 Å². The number of hydroxylamine groups is 1. The number of alkyl halides is 1. The molecule has 0 saturated heterocycles. The fourth-order valence-electron chi connectivity index (χ4n) is 1.46. The molecule has 1 amide bonds. The number of nitrogens with zero attached hydrogens (tertiary/aromatic N) is 1. The number of carbonyl (C=O) groups is 1. The van der Waals surface area contributed by atoms with Crippen LogP contribution >= 0.6 is 22.6 Å². The van der Waals surface area contributed by atoms with Gasteiger partial charge >= 0.3 is 11.9 Å². The van der Waals surface area contributed by atoms with Crippen LogP contribution in [0.5, 0.6) is 0 Å². The van der Waals surface area contributed by atoms with Gasteiger partial charge in [-0.25, -0.2) is 9.37 Å². The fourth-order valence-corrected chi connectivity index (χ4v) is 2.21. The van der Waals surface area contributed by atoms with Gasteiger partial charge in [0.15, 0.2) is 17.1 Å². The van der Waals surface area contributed by atoms with E-state index in [1.54, 1.807) is 0 Å². The summed E-state index contributed by atoms with van der Waals surface area (Å²) in [5, 5.41) is 2.79. The molecule has 1 aliphatic rings. The van der Waals surface area contributed by atoms with Gasteiger partial charge in [0.25, 0.3) is 0 Å². The normalized spacial score (nSPS) is 20.1. The van der Waals surface area contributed by atoms with Crippen molar-refractivity contribution in [3.8, 4) is 0 Å². The second-order valence-electron chi connectivity index (χ2n) is 5.37. The third-order valence-electron chi connectivity index (χ3n) is 2.16. The summed E-state index contributed by atoms with van der Waals surface area (Å²) in [7, 11) is 1.84. The van der Waals surface area contributed by atoms with Gasteiger partial charge in [-0.1, -0.05) is 0 Å². The molecule has 0 saturated carbocycles. The third-order valence-corrected chi connectivity index (χ3v) is 2.94. The van der Waals surface area contributed by atoms with E-state index < -0.39 is 15.2 Å². The fraction of sp³-hybridized carbons (Fsp3) is 0.818. The molecule has 0 aromatic rings. The van der Waals surface area contributed by atoms with Crippen molar-refractivity contribution in [2.24, 2.45) is 0 Å². The molecule has 0 spiro atoms. The standard InChI is InChI=1S/C11H20IN3O4/c1-10(2,3)19-9(16)13-11(4,12)8-14-18-7-17-6-15(8)5/h6-7H2,1-5H3,(H,13,16)/p+1/t11-/m1/s1. The Bertz CT molecular complexity index is 377. The summed E-state index contributed by atoms with van der Waals surface area (Å²) in [4.78, 5) is 16.9. The van der Waals surface area contributed by atoms with Crippen LogP contribution in [0.2, 0.25) is 0 Å². The molecule has 1 rings (SSSR count). The van der Waals surface area contributed by atoms with Crippen LogP contribution in [-0.4, -0.2) is 46.2 Å². The molecule has 0 aliphatic carbocycles. The predicted octanol–water partition coefficient (Wildman–Crippen LogP) is 1.17.